The molecule has 0 aliphatic carbocycles. The zero-order chi connectivity index (χ0) is 17.0. The fourth-order valence-corrected chi connectivity index (χ4v) is 3.78. The molecule has 0 saturated carbocycles. The fraction of sp³-hybridized carbons (Fsp3) is 0.182. The Kier molecular flexibility index (Phi) is 4.57. The second kappa shape index (κ2) is 6.79. The number of rotatable bonds is 7. The van der Waals surface area contributed by atoms with E-state index in [1.54, 1.807) is 0 Å². The molecule has 24 heavy (non-hydrogen) atoms. The highest BCUT2D eigenvalue weighted by molar-refractivity contribution is 5.81. The second-order valence-electron chi connectivity index (χ2n) is 5.96. The minimum atomic E-state index is -0.310. The van der Waals surface area contributed by atoms with Crippen LogP contribution in [0.3, 0.4) is 0 Å². The molecule has 2 aromatic carbocycles. The first-order valence-corrected chi connectivity index (χ1v) is 8.32. The first-order chi connectivity index (χ1) is 11.8. The predicted octanol–water partition coefficient (Wildman–Crippen LogP) is 5.11. The van der Waals surface area contributed by atoms with Gasteiger partial charge in [-0.2, -0.15) is 0 Å². The van der Waals surface area contributed by atoms with E-state index in [1.807, 2.05) is 18.2 Å². The van der Waals surface area contributed by atoms with Crippen LogP contribution >= 0.6 is 0 Å². The van der Waals surface area contributed by atoms with E-state index in [0.29, 0.717) is 0 Å². The summed E-state index contributed by atoms with van der Waals surface area (Å²) in [5.41, 5.74) is 3.40. The molecule has 0 N–H and O–H groups in total. The van der Waals surface area contributed by atoms with Gasteiger partial charge in [0.15, 0.2) is 0 Å². The Labute approximate surface area is 145 Å². The van der Waals surface area contributed by atoms with Crippen LogP contribution in [0.1, 0.15) is 12.0 Å². The standard InChI is InChI=1S/C22H24N2/c1-4-16-22(19-12-8-7-9-13-19)23(17-5-2)20-14-10-11-15-21(20)24(22)18-6-3/h4-15H,1-3,16-18H2. The molecular formula is C22H24N2. The second-order valence-corrected chi connectivity index (χ2v) is 5.96. The van der Waals surface area contributed by atoms with E-state index < -0.39 is 0 Å². The minimum Gasteiger partial charge on any atom is -0.339 e. The van der Waals surface area contributed by atoms with Crippen LogP contribution < -0.4 is 9.80 Å². The predicted molar refractivity (Wildman–Crippen MR) is 104 cm³/mol. The first-order valence-electron chi connectivity index (χ1n) is 8.32. The van der Waals surface area contributed by atoms with Gasteiger partial charge in [-0.25, -0.2) is 0 Å². The third-order valence-electron chi connectivity index (χ3n) is 4.64. The van der Waals surface area contributed by atoms with Gasteiger partial charge in [0.1, 0.15) is 5.66 Å². The fourth-order valence-electron chi connectivity index (χ4n) is 3.78. The van der Waals surface area contributed by atoms with Crippen molar-refractivity contribution in [2.45, 2.75) is 12.1 Å². The van der Waals surface area contributed by atoms with Gasteiger partial charge < -0.3 is 9.80 Å². The summed E-state index contributed by atoms with van der Waals surface area (Å²) >= 11 is 0. The highest BCUT2D eigenvalue weighted by Gasteiger charge is 2.48. The van der Waals surface area contributed by atoms with Crippen LogP contribution in [0, 0.1) is 0 Å². The van der Waals surface area contributed by atoms with Gasteiger partial charge in [-0.05, 0) is 17.7 Å². The van der Waals surface area contributed by atoms with Crippen molar-refractivity contribution in [3.63, 3.8) is 0 Å². The Balaban J connectivity index is 2.28. The third kappa shape index (κ3) is 2.35. The summed E-state index contributed by atoms with van der Waals surface area (Å²) in [5, 5.41) is 0. The van der Waals surface area contributed by atoms with Crippen molar-refractivity contribution in [1.29, 1.82) is 0 Å². The Hall–Kier alpha value is -2.74. The first kappa shape index (κ1) is 16.1. The van der Waals surface area contributed by atoms with Crippen molar-refractivity contribution in [3.05, 3.63) is 98.1 Å². The number of benzene rings is 2. The van der Waals surface area contributed by atoms with E-state index in [0.717, 1.165) is 19.5 Å². The maximum atomic E-state index is 4.04. The van der Waals surface area contributed by atoms with Crippen molar-refractivity contribution in [1.82, 2.24) is 0 Å². The molecule has 122 valence electrons. The van der Waals surface area contributed by atoms with Crippen molar-refractivity contribution in [3.8, 4) is 0 Å². The highest BCUT2D eigenvalue weighted by atomic mass is 15.5. The summed E-state index contributed by atoms with van der Waals surface area (Å²) in [5.74, 6) is 0. The summed E-state index contributed by atoms with van der Waals surface area (Å²) in [7, 11) is 0. The maximum absolute atomic E-state index is 4.04. The lowest BCUT2D eigenvalue weighted by molar-refractivity contribution is 0.418. The maximum Gasteiger partial charge on any atom is 0.143 e. The van der Waals surface area contributed by atoms with E-state index in [9.17, 15) is 0 Å². The third-order valence-corrected chi connectivity index (χ3v) is 4.64. The summed E-state index contributed by atoms with van der Waals surface area (Å²) < 4.78 is 0. The molecule has 0 unspecified atom stereocenters. The summed E-state index contributed by atoms with van der Waals surface area (Å²) in [6, 6.07) is 19.2. The monoisotopic (exact) mass is 316 g/mol. The Bertz CT molecular complexity index is 696. The van der Waals surface area contributed by atoms with Crippen molar-refractivity contribution in [2.24, 2.45) is 0 Å². The molecule has 0 aromatic heterocycles. The Morgan fingerprint density at radius 2 is 1.21 bits per heavy atom. The lowest BCUT2D eigenvalue weighted by Gasteiger charge is -2.45. The van der Waals surface area contributed by atoms with Crippen molar-refractivity contribution >= 4 is 11.4 Å². The smallest absolute Gasteiger partial charge is 0.143 e. The molecule has 2 heteroatoms. The number of anilines is 2. The SMILES string of the molecule is C=CCN1c2ccccc2N(CC=C)C1(CC=C)c1ccccc1. The van der Waals surface area contributed by atoms with Crippen LogP contribution in [0.4, 0.5) is 11.4 Å². The van der Waals surface area contributed by atoms with Gasteiger partial charge in [-0.1, -0.05) is 60.7 Å². The summed E-state index contributed by atoms with van der Waals surface area (Å²) in [6.07, 6.45) is 6.75. The van der Waals surface area contributed by atoms with E-state index in [2.05, 4.69) is 84.1 Å². The van der Waals surface area contributed by atoms with Gasteiger partial charge in [-0.15, -0.1) is 19.7 Å². The van der Waals surface area contributed by atoms with E-state index >= 15 is 0 Å². The molecule has 0 radical (unpaired) electrons. The quantitative estimate of drug-likeness (QED) is 0.655. The minimum absolute atomic E-state index is 0.310. The number of nitrogens with zero attached hydrogens (tertiary/aromatic N) is 2. The molecule has 1 aliphatic heterocycles. The molecule has 0 atom stereocenters. The molecular weight excluding hydrogens is 292 g/mol. The van der Waals surface area contributed by atoms with E-state index in [4.69, 9.17) is 0 Å². The molecule has 0 amide bonds. The van der Waals surface area contributed by atoms with Crippen LogP contribution in [-0.2, 0) is 5.66 Å². The van der Waals surface area contributed by atoms with Gasteiger partial charge in [0, 0.05) is 19.5 Å². The zero-order valence-corrected chi connectivity index (χ0v) is 14.1. The van der Waals surface area contributed by atoms with Crippen LogP contribution in [-0.4, -0.2) is 13.1 Å². The van der Waals surface area contributed by atoms with Crippen LogP contribution in [0.2, 0.25) is 0 Å². The lowest BCUT2D eigenvalue weighted by Crippen LogP contribution is -2.54. The number of fused-ring (bicyclic) bond motifs is 1. The van der Waals surface area contributed by atoms with Gasteiger partial charge >= 0.3 is 0 Å². The molecule has 2 nitrogen and oxygen atoms in total. The highest BCUT2D eigenvalue weighted by Crippen LogP contribution is 2.51. The Morgan fingerprint density at radius 3 is 1.67 bits per heavy atom. The molecule has 0 fully saturated rings. The molecule has 0 spiro atoms. The van der Waals surface area contributed by atoms with Crippen LogP contribution in [0.15, 0.2) is 92.6 Å². The molecule has 1 heterocycles. The molecule has 1 aliphatic rings. The average Bonchev–Trinajstić information content (AvgIpc) is 2.88. The van der Waals surface area contributed by atoms with E-state index in [1.165, 1.54) is 16.9 Å². The summed E-state index contributed by atoms with van der Waals surface area (Å²) in [6.45, 7) is 13.5. The van der Waals surface area contributed by atoms with Gasteiger partial charge in [-0.3, -0.25) is 0 Å². The molecule has 3 rings (SSSR count). The largest absolute Gasteiger partial charge is 0.339 e. The number of hydrogen-bond donors (Lipinski definition) is 0. The van der Waals surface area contributed by atoms with Gasteiger partial charge in [0.2, 0.25) is 0 Å². The van der Waals surface area contributed by atoms with Gasteiger partial charge in [0.25, 0.3) is 0 Å². The topological polar surface area (TPSA) is 6.48 Å². The molecule has 0 saturated heterocycles. The number of hydrogen-bond acceptors (Lipinski definition) is 2. The van der Waals surface area contributed by atoms with Crippen molar-refractivity contribution in [2.75, 3.05) is 22.9 Å². The average molecular weight is 316 g/mol. The molecule has 0 bridgehead atoms. The number of para-hydroxylation sites is 2. The van der Waals surface area contributed by atoms with Crippen LogP contribution in [0.25, 0.3) is 0 Å². The van der Waals surface area contributed by atoms with Crippen molar-refractivity contribution < 1.29 is 0 Å². The normalized spacial score (nSPS) is 15.0. The molecule has 2 aromatic rings. The van der Waals surface area contributed by atoms with E-state index in [-0.39, 0.29) is 5.66 Å². The van der Waals surface area contributed by atoms with Gasteiger partial charge in [0.05, 0.1) is 11.4 Å². The summed E-state index contributed by atoms with van der Waals surface area (Å²) in [4.78, 5) is 4.85. The Morgan fingerprint density at radius 1 is 0.708 bits per heavy atom. The lowest BCUT2D eigenvalue weighted by atomic mass is 9.92. The zero-order valence-electron chi connectivity index (χ0n) is 14.1. The van der Waals surface area contributed by atoms with Crippen LogP contribution in [0.5, 0.6) is 0 Å².